The Bertz CT molecular complexity index is 459. The molecule has 0 aromatic carbocycles. The summed E-state index contributed by atoms with van der Waals surface area (Å²) in [5, 5.41) is 11.9. The number of hydrogen-bond donors (Lipinski definition) is 4. The van der Waals surface area contributed by atoms with E-state index in [0.717, 1.165) is 19.1 Å². The molecule has 0 radical (unpaired) electrons. The van der Waals surface area contributed by atoms with Crippen molar-refractivity contribution in [2.75, 3.05) is 19.8 Å². The number of aldehydes is 1. The van der Waals surface area contributed by atoms with Crippen LogP contribution in [0.15, 0.2) is 0 Å². The molecule has 0 aromatic rings. The first kappa shape index (κ1) is 26.9. The summed E-state index contributed by atoms with van der Waals surface area (Å²) in [7, 11) is 3.66. The largest absolute Gasteiger partial charge is 0.345 e. The van der Waals surface area contributed by atoms with Gasteiger partial charge in [0.15, 0.2) is 0 Å². The van der Waals surface area contributed by atoms with Crippen molar-refractivity contribution in [2.24, 2.45) is 5.92 Å². The lowest BCUT2D eigenvalue weighted by molar-refractivity contribution is -0.125. The first-order valence-electron chi connectivity index (χ1n) is 10.3. The molecule has 28 heavy (non-hydrogen) atoms. The minimum atomic E-state index is -0.502. The van der Waals surface area contributed by atoms with E-state index in [1.54, 1.807) is 18.8 Å². The van der Waals surface area contributed by atoms with Crippen LogP contribution in [0.5, 0.6) is 0 Å². The van der Waals surface area contributed by atoms with Crippen molar-refractivity contribution in [1.29, 1.82) is 0 Å². The van der Waals surface area contributed by atoms with E-state index in [1.165, 1.54) is 0 Å². The summed E-state index contributed by atoms with van der Waals surface area (Å²) in [6, 6.07) is -0.432. The average Bonchev–Trinajstić information content (AvgIpc) is 2.64. The number of nitrogens with one attached hydrogen (secondary N) is 4. The fourth-order valence-electron chi connectivity index (χ4n) is 2.94. The summed E-state index contributed by atoms with van der Waals surface area (Å²) in [5.74, 6) is 1.16. The maximum absolute atomic E-state index is 12.1. The highest BCUT2D eigenvalue weighted by Gasteiger charge is 2.18. The van der Waals surface area contributed by atoms with Gasteiger partial charge in [-0.1, -0.05) is 20.8 Å². The molecular formula is C20H40N4O3S. The Hall–Kier alpha value is -1.12. The Balaban J connectivity index is 4.15. The zero-order chi connectivity index (χ0) is 21.5. The van der Waals surface area contributed by atoms with E-state index in [9.17, 15) is 14.4 Å². The summed E-state index contributed by atoms with van der Waals surface area (Å²) in [6.07, 6.45) is 4.35. The normalized spacial score (nSPS) is 15.5. The average molecular weight is 417 g/mol. The number of rotatable bonds is 16. The van der Waals surface area contributed by atoms with E-state index in [4.69, 9.17) is 0 Å². The van der Waals surface area contributed by atoms with Crippen LogP contribution in [0.1, 0.15) is 59.8 Å². The SMILES string of the molecule is CCC(NC)C(=O)N[C@H](C=O)CCS[C@@H](C)NC(=O)CCC(CC(C)C)NC. The van der Waals surface area contributed by atoms with Gasteiger partial charge in [-0.2, -0.15) is 0 Å². The fourth-order valence-corrected chi connectivity index (χ4v) is 3.90. The van der Waals surface area contributed by atoms with Gasteiger partial charge in [0.1, 0.15) is 6.29 Å². The second-order valence-corrected chi connectivity index (χ2v) is 8.97. The molecule has 0 aliphatic carbocycles. The van der Waals surface area contributed by atoms with Crippen molar-refractivity contribution >= 4 is 29.9 Å². The zero-order valence-corrected chi connectivity index (χ0v) is 19.2. The van der Waals surface area contributed by atoms with Gasteiger partial charge in [-0.15, -0.1) is 11.8 Å². The number of thioether (sulfide) groups is 1. The molecule has 0 aliphatic heterocycles. The van der Waals surface area contributed by atoms with Gasteiger partial charge in [-0.3, -0.25) is 9.59 Å². The molecule has 0 aromatic heterocycles. The number of amides is 2. The molecule has 4 N–H and O–H groups in total. The van der Waals surface area contributed by atoms with Gasteiger partial charge in [0.2, 0.25) is 11.8 Å². The lowest BCUT2D eigenvalue weighted by Crippen LogP contribution is -2.47. The molecule has 0 bridgehead atoms. The van der Waals surface area contributed by atoms with Gasteiger partial charge in [0, 0.05) is 12.5 Å². The Morgan fingerprint density at radius 3 is 2.21 bits per heavy atom. The quantitative estimate of drug-likeness (QED) is 0.226. The molecule has 2 amide bonds. The van der Waals surface area contributed by atoms with Gasteiger partial charge in [0.05, 0.1) is 17.5 Å². The smallest absolute Gasteiger partial charge is 0.237 e. The molecule has 8 heteroatoms. The van der Waals surface area contributed by atoms with Gasteiger partial charge in [0.25, 0.3) is 0 Å². The number of hydrogen-bond acceptors (Lipinski definition) is 6. The standard InChI is InChI=1S/C20H40N4O3S/c1-7-18(22-6)20(27)24-17(13-25)10-11-28-15(4)23-19(26)9-8-16(21-5)12-14(2)3/h13-18,21-22H,7-12H2,1-6H3,(H,23,26)(H,24,27)/t15-,16?,17-,18?/m0/s1. The van der Waals surface area contributed by atoms with E-state index in [0.29, 0.717) is 37.0 Å². The van der Waals surface area contributed by atoms with Crippen LogP contribution >= 0.6 is 11.8 Å². The van der Waals surface area contributed by atoms with Gasteiger partial charge in [-0.05, 0) is 58.4 Å². The van der Waals surface area contributed by atoms with Crippen LogP contribution in [0.2, 0.25) is 0 Å². The third-order valence-corrected chi connectivity index (χ3v) is 5.70. The maximum atomic E-state index is 12.1. The molecule has 4 atom stereocenters. The fraction of sp³-hybridized carbons (Fsp3) is 0.850. The van der Waals surface area contributed by atoms with E-state index in [-0.39, 0.29) is 23.2 Å². The minimum absolute atomic E-state index is 0.0330. The molecule has 2 unspecified atom stereocenters. The predicted molar refractivity (Wildman–Crippen MR) is 117 cm³/mol. The van der Waals surface area contributed by atoms with Crippen LogP contribution in [0.4, 0.5) is 0 Å². The molecule has 0 spiro atoms. The highest BCUT2D eigenvalue weighted by Crippen LogP contribution is 2.12. The van der Waals surface area contributed by atoms with Gasteiger partial charge >= 0.3 is 0 Å². The van der Waals surface area contributed by atoms with Crippen LogP contribution in [-0.2, 0) is 14.4 Å². The summed E-state index contributed by atoms with van der Waals surface area (Å²) in [5.41, 5.74) is 0. The van der Waals surface area contributed by atoms with Crippen molar-refractivity contribution in [2.45, 2.75) is 83.3 Å². The lowest BCUT2D eigenvalue weighted by atomic mass is 10.00. The predicted octanol–water partition coefficient (Wildman–Crippen LogP) is 1.67. The first-order valence-corrected chi connectivity index (χ1v) is 11.3. The molecule has 0 fully saturated rings. The summed E-state index contributed by atoms with van der Waals surface area (Å²) < 4.78 is 0. The summed E-state index contributed by atoms with van der Waals surface area (Å²) in [4.78, 5) is 35.4. The van der Waals surface area contributed by atoms with Crippen molar-refractivity contribution < 1.29 is 14.4 Å². The molecule has 164 valence electrons. The first-order chi connectivity index (χ1) is 13.3. The van der Waals surface area contributed by atoms with E-state index in [2.05, 4.69) is 35.1 Å². The number of likely N-dealkylation sites (N-methyl/N-ethyl adjacent to an activating group) is 1. The highest BCUT2D eigenvalue weighted by molar-refractivity contribution is 7.99. The molecular weight excluding hydrogens is 376 g/mol. The second-order valence-electron chi connectivity index (χ2n) is 7.52. The lowest BCUT2D eigenvalue weighted by Gasteiger charge is -2.20. The van der Waals surface area contributed by atoms with Crippen molar-refractivity contribution in [1.82, 2.24) is 21.3 Å². The Morgan fingerprint density at radius 2 is 1.71 bits per heavy atom. The number of carbonyl (C=O) groups is 3. The molecule has 0 saturated heterocycles. The summed E-state index contributed by atoms with van der Waals surface area (Å²) in [6.45, 7) is 8.21. The molecule has 0 heterocycles. The third-order valence-electron chi connectivity index (χ3n) is 4.61. The molecule has 0 rings (SSSR count). The van der Waals surface area contributed by atoms with Gasteiger partial charge < -0.3 is 26.1 Å². The van der Waals surface area contributed by atoms with E-state index < -0.39 is 6.04 Å². The summed E-state index contributed by atoms with van der Waals surface area (Å²) >= 11 is 1.57. The van der Waals surface area contributed by atoms with Crippen LogP contribution < -0.4 is 21.3 Å². The highest BCUT2D eigenvalue weighted by atomic mass is 32.2. The Morgan fingerprint density at radius 1 is 1.04 bits per heavy atom. The topological polar surface area (TPSA) is 99.3 Å². The van der Waals surface area contributed by atoms with Crippen LogP contribution in [0.3, 0.4) is 0 Å². The molecule has 7 nitrogen and oxygen atoms in total. The van der Waals surface area contributed by atoms with Crippen LogP contribution in [0.25, 0.3) is 0 Å². The molecule has 0 saturated carbocycles. The van der Waals surface area contributed by atoms with Crippen LogP contribution in [0, 0.1) is 5.92 Å². The minimum Gasteiger partial charge on any atom is -0.345 e. The number of carbonyl (C=O) groups excluding carboxylic acids is 3. The van der Waals surface area contributed by atoms with E-state index >= 15 is 0 Å². The van der Waals surface area contributed by atoms with Crippen LogP contribution in [-0.4, -0.2) is 61.4 Å². The molecule has 0 aliphatic rings. The van der Waals surface area contributed by atoms with E-state index in [1.807, 2.05) is 20.9 Å². The van der Waals surface area contributed by atoms with Crippen molar-refractivity contribution in [3.05, 3.63) is 0 Å². The third kappa shape index (κ3) is 12.4. The van der Waals surface area contributed by atoms with Gasteiger partial charge in [-0.25, -0.2) is 0 Å². The van der Waals surface area contributed by atoms with Crippen molar-refractivity contribution in [3.8, 4) is 0 Å². The monoisotopic (exact) mass is 416 g/mol. The Kier molecular flexibility index (Phi) is 15.1. The Labute approximate surface area is 174 Å². The van der Waals surface area contributed by atoms with Crippen molar-refractivity contribution in [3.63, 3.8) is 0 Å². The second kappa shape index (κ2) is 15.8. The zero-order valence-electron chi connectivity index (χ0n) is 18.3. The maximum Gasteiger partial charge on any atom is 0.237 e.